The second-order valence-electron chi connectivity index (χ2n) is 6.58. The van der Waals surface area contributed by atoms with E-state index in [4.69, 9.17) is 0 Å². The van der Waals surface area contributed by atoms with Crippen molar-refractivity contribution in [2.24, 2.45) is 0 Å². The lowest BCUT2D eigenvalue weighted by molar-refractivity contribution is 0.380. The van der Waals surface area contributed by atoms with Crippen LogP contribution in [0, 0.1) is 11.6 Å². The summed E-state index contributed by atoms with van der Waals surface area (Å²) >= 11 is 0. The topological polar surface area (TPSA) is 91.3 Å². The number of rotatable bonds is 5. The fourth-order valence-corrected chi connectivity index (χ4v) is 4.60. The van der Waals surface area contributed by atoms with Crippen molar-refractivity contribution < 1.29 is 17.2 Å². The number of hydrogen-bond acceptors (Lipinski definition) is 7. The first-order chi connectivity index (χ1) is 14.4. The molecule has 0 bridgehead atoms. The van der Waals surface area contributed by atoms with Crippen LogP contribution in [0.15, 0.2) is 59.6 Å². The predicted octanol–water partition coefficient (Wildman–Crippen LogP) is 2.40. The Labute approximate surface area is 172 Å². The molecule has 1 aromatic carbocycles. The summed E-state index contributed by atoms with van der Waals surface area (Å²) < 4.78 is 53.9. The number of piperazine rings is 1. The molecule has 2 aromatic heterocycles. The van der Waals surface area contributed by atoms with Crippen LogP contribution >= 0.6 is 0 Å². The van der Waals surface area contributed by atoms with E-state index >= 15 is 0 Å². The average molecular weight is 432 g/mol. The van der Waals surface area contributed by atoms with Gasteiger partial charge in [-0.2, -0.15) is 4.31 Å². The van der Waals surface area contributed by atoms with Crippen molar-refractivity contribution in [1.82, 2.24) is 19.5 Å². The van der Waals surface area contributed by atoms with Gasteiger partial charge in [-0.25, -0.2) is 22.2 Å². The van der Waals surface area contributed by atoms with Gasteiger partial charge in [0, 0.05) is 32.4 Å². The minimum atomic E-state index is -4.12. The monoisotopic (exact) mass is 432 g/mol. The Morgan fingerprint density at radius 2 is 1.70 bits per heavy atom. The molecule has 0 amide bonds. The Hall–Kier alpha value is -3.18. The molecule has 1 fully saturated rings. The van der Waals surface area contributed by atoms with Gasteiger partial charge in [0.2, 0.25) is 10.0 Å². The maximum absolute atomic E-state index is 13.9. The van der Waals surface area contributed by atoms with Gasteiger partial charge >= 0.3 is 0 Å². The fourth-order valence-electron chi connectivity index (χ4n) is 3.10. The first kappa shape index (κ1) is 20.1. The number of nitrogens with zero attached hydrogens (tertiary/aromatic N) is 5. The molecule has 1 aliphatic heterocycles. The predicted molar refractivity (Wildman–Crippen MR) is 107 cm³/mol. The summed E-state index contributed by atoms with van der Waals surface area (Å²) in [6, 6.07) is 11.4. The second-order valence-corrected chi connectivity index (χ2v) is 8.49. The molecule has 3 aromatic rings. The molecule has 1 N–H and O–H groups in total. The van der Waals surface area contributed by atoms with E-state index in [1.807, 2.05) is 17.0 Å². The first-order valence-corrected chi connectivity index (χ1v) is 10.6. The second kappa shape index (κ2) is 8.28. The molecule has 30 heavy (non-hydrogen) atoms. The minimum Gasteiger partial charge on any atom is -0.352 e. The number of pyridine rings is 1. The Balaban J connectivity index is 1.41. The molecule has 4 rings (SSSR count). The zero-order chi connectivity index (χ0) is 21.1. The summed E-state index contributed by atoms with van der Waals surface area (Å²) in [5.41, 5.74) is 0. The van der Waals surface area contributed by atoms with Crippen LogP contribution < -0.4 is 10.2 Å². The third-order valence-corrected chi connectivity index (χ3v) is 6.56. The van der Waals surface area contributed by atoms with Crippen LogP contribution in [0.2, 0.25) is 0 Å². The van der Waals surface area contributed by atoms with Crippen molar-refractivity contribution in [2.75, 3.05) is 36.4 Å². The normalized spacial score (nSPS) is 15.2. The van der Waals surface area contributed by atoms with Crippen LogP contribution in [0.25, 0.3) is 0 Å². The summed E-state index contributed by atoms with van der Waals surface area (Å²) in [5, 5.41) is 11.3. The van der Waals surface area contributed by atoms with Gasteiger partial charge in [-0.1, -0.05) is 6.07 Å². The molecule has 11 heteroatoms. The van der Waals surface area contributed by atoms with Crippen molar-refractivity contribution in [3.63, 3.8) is 0 Å². The van der Waals surface area contributed by atoms with E-state index in [0.717, 1.165) is 16.4 Å². The molecule has 0 atom stereocenters. The van der Waals surface area contributed by atoms with Crippen LogP contribution in [-0.2, 0) is 10.0 Å². The van der Waals surface area contributed by atoms with Crippen molar-refractivity contribution in [1.29, 1.82) is 0 Å². The van der Waals surface area contributed by atoms with Gasteiger partial charge in [0.25, 0.3) is 0 Å². The van der Waals surface area contributed by atoms with E-state index in [1.165, 1.54) is 0 Å². The highest BCUT2D eigenvalue weighted by Crippen LogP contribution is 2.23. The smallest absolute Gasteiger partial charge is 0.246 e. The molecule has 156 valence electrons. The maximum Gasteiger partial charge on any atom is 0.246 e. The molecule has 0 saturated carbocycles. The molecule has 3 heterocycles. The summed E-state index contributed by atoms with van der Waals surface area (Å²) in [7, 11) is -4.12. The number of anilines is 3. The van der Waals surface area contributed by atoms with Crippen LogP contribution in [0.1, 0.15) is 0 Å². The summed E-state index contributed by atoms with van der Waals surface area (Å²) in [6.45, 7) is 0.928. The van der Waals surface area contributed by atoms with Gasteiger partial charge in [0.1, 0.15) is 22.3 Å². The third kappa shape index (κ3) is 4.21. The van der Waals surface area contributed by atoms with E-state index in [2.05, 4.69) is 20.5 Å². The molecule has 8 nitrogen and oxygen atoms in total. The molecular formula is C19H18F2N6O2S. The standard InChI is InChI=1S/C19H18F2N6O2S/c20-14-4-5-15(21)16(13-14)30(28,29)27-11-9-26(10-12-27)19-7-6-18(24-25-19)23-17-3-1-2-8-22-17/h1-8,13H,9-12H2,(H,22,23,24). The third-order valence-electron chi connectivity index (χ3n) is 4.65. The largest absolute Gasteiger partial charge is 0.352 e. The summed E-state index contributed by atoms with van der Waals surface area (Å²) in [4.78, 5) is 5.38. The van der Waals surface area contributed by atoms with Gasteiger partial charge in [-0.3, -0.25) is 0 Å². The zero-order valence-corrected chi connectivity index (χ0v) is 16.6. The number of benzene rings is 1. The van der Waals surface area contributed by atoms with Crippen molar-refractivity contribution in [2.45, 2.75) is 4.90 Å². The van der Waals surface area contributed by atoms with E-state index in [1.54, 1.807) is 24.4 Å². The lowest BCUT2D eigenvalue weighted by Crippen LogP contribution is -2.49. The highest BCUT2D eigenvalue weighted by molar-refractivity contribution is 7.89. The minimum absolute atomic E-state index is 0.119. The van der Waals surface area contributed by atoms with Gasteiger partial charge in [-0.15, -0.1) is 10.2 Å². The molecule has 1 saturated heterocycles. The maximum atomic E-state index is 13.9. The lowest BCUT2D eigenvalue weighted by Gasteiger charge is -2.34. The molecule has 0 aliphatic carbocycles. The van der Waals surface area contributed by atoms with E-state index in [0.29, 0.717) is 36.6 Å². The fraction of sp³-hybridized carbons (Fsp3) is 0.211. The van der Waals surface area contributed by atoms with Crippen LogP contribution in [0.3, 0.4) is 0 Å². The van der Waals surface area contributed by atoms with Crippen LogP contribution in [0.4, 0.5) is 26.2 Å². The highest BCUT2D eigenvalue weighted by atomic mass is 32.2. The van der Waals surface area contributed by atoms with Gasteiger partial charge in [0.05, 0.1) is 0 Å². The quantitative estimate of drug-likeness (QED) is 0.662. The molecule has 0 spiro atoms. The number of hydrogen-bond donors (Lipinski definition) is 1. The number of halogens is 2. The Bertz CT molecular complexity index is 1120. The van der Waals surface area contributed by atoms with E-state index in [-0.39, 0.29) is 13.1 Å². The lowest BCUT2D eigenvalue weighted by atomic mass is 10.3. The van der Waals surface area contributed by atoms with Crippen LogP contribution in [0.5, 0.6) is 0 Å². The molecular weight excluding hydrogens is 414 g/mol. The zero-order valence-electron chi connectivity index (χ0n) is 15.7. The number of aromatic nitrogens is 3. The summed E-state index contributed by atoms with van der Waals surface area (Å²) in [5.74, 6) is -0.0114. The van der Waals surface area contributed by atoms with Gasteiger partial charge < -0.3 is 10.2 Å². The molecule has 0 unspecified atom stereocenters. The van der Waals surface area contributed by atoms with Crippen molar-refractivity contribution >= 4 is 27.5 Å². The Morgan fingerprint density at radius 3 is 2.37 bits per heavy atom. The van der Waals surface area contributed by atoms with Crippen LogP contribution in [-0.4, -0.2) is 54.1 Å². The van der Waals surface area contributed by atoms with E-state index in [9.17, 15) is 17.2 Å². The van der Waals surface area contributed by atoms with E-state index < -0.39 is 26.6 Å². The Kier molecular flexibility index (Phi) is 5.55. The Morgan fingerprint density at radius 1 is 0.900 bits per heavy atom. The molecule has 1 aliphatic rings. The number of nitrogens with one attached hydrogen (secondary N) is 1. The highest BCUT2D eigenvalue weighted by Gasteiger charge is 2.31. The molecule has 0 radical (unpaired) electrons. The van der Waals surface area contributed by atoms with Gasteiger partial charge in [-0.05, 0) is 42.5 Å². The van der Waals surface area contributed by atoms with Gasteiger partial charge in [0.15, 0.2) is 11.6 Å². The van der Waals surface area contributed by atoms with Crippen molar-refractivity contribution in [3.8, 4) is 0 Å². The average Bonchev–Trinajstić information content (AvgIpc) is 2.77. The van der Waals surface area contributed by atoms with Crippen molar-refractivity contribution in [3.05, 3.63) is 66.4 Å². The number of sulfonamides is 1. The first-order valence-electron chi connectivity index (χ1n) is 9.15. The SMILES string of the molecule is O=S(=O)(c1cc(F)ccc1F)N1CCN(c2ccc(Nc3ccccn3)nn2)CC1. The summed E-state index contributed by atoms with van der Waals surface area (Å²) in [6.07, 6.45) is 1.66.